The quantitative estimate of drug-likeness (QED) is 0.628. The molecule has 0 aliphatic heterocycles. The number of nitrogen functional groups attached to an aromatic ring is 1. The number of aromatic amines is 1. The first-order valence-corrected chi connectivity index (χ1v) is 8.28. The summed E-state index contributed by atoms with van der Waals surface area (Å²) in [5.74, 6) is -0.397. The third-order valence-corrected chi connectivity index (χ3v) is 4.47. The van der Waals surface area contributed by atoms with Crippen LogP contribution >= 0.6 is 11.6 Å². The normalized spacial score (nSPS) is 10.8. The Hall–Kier alpha value is -2.79. The van der Waals surface area contributed by atoms with Crippen LogP contribution in [0.15, 0.2) is 47.4 Å². The lowest BCUT2D eigenvalue weighted by atomic mass is 10.1. The predicted molar refractivity (Wildman–Crippen MR) is 101 cm³/mol. The fourth-order valence-electron chi connectivity index (χ4n) is 2.69. The number of fused-ring (bicyclic) bond motifs is 1. The minimum atomic E-state index is -0.397. The standard InChI is InChI=1S/C19H18ClN3O2/c1-11-16(21)7-6-14-17(11)23-10-15(18(14)24)19(25)22-9-8-12-2-4-13(20)5-3-12/h2-7,10H,8-9,21H2,1H3,(H,22,25)(H,23,24). The van der Waals surface area contributed by atoms with Crippen molar-refractivity contribution in [3.63, 3.8) is 0 Å². The summed E-state index contributed by atoms with van der Waals surface area (Å²) in [6.45, 7) is 2.26. The minimum absolute atomic E-state index is 0.0905. The number of hydrogen-bond donors (Lipinski definition) is 3. The van der Waals surface area contributed by atoms with Crippen LogP contribution in [0.5, 0.6) is 0 Å². The molecule has 4 N–H and O–H groups in total. The summed E-state index contributed by atoms with van der Waals surface area (Å²) in [7, 11) is 0. The molecule has 0 atom stereocenters. The largest absolute Gasteiger partial charge is 0.398 e. The van der Waals surface area contributed by atoms with Crippen LogP contribution in [0.3, 0.4) is 0 Å². The van der Waals surface area contributed by atoms with Gasteiger partial charge in [0.15, 0.2) is 0 Å². The van der Waals surface area contributed by atoms with E-state index in [0.717, 1.165) is 11.1 Å². The van der Waals surface area contributed by atoms with Gasteiger partial charge >= 0.3 is 0 Å². The Balaban J connectivity index is 1.76. The second kappa shape index (κ2) is 6.99. The lowest BCUT2D eigenvalue weighted by molar-refractivity contribution is 0.0953. The number of nitrogens with one attached hydrogen (secondary N) is 2. The van der Waals surface area contributed by atoms with Crippen molar-refractivity contribution in [2.75, 3.05) is 12.3 Å². The number of benzene rings is 2. The van der Waals surface area contributed by atoms with Crippen molar-refractivity contribution in [1.29, 1.82) is 0 Å². The summed E-state index contributed by atoms with van der Waals surface area (Å²) in [6.07, 6.45) is 2.10. The van der Waals surface area contributed by atoms with E-state index in [2.05, 4.69) is 10.3 Å². The summed E-state index contributed by atoms with van der Waals surface area (Å²) in [5, 5.41) is 3.91. The molecule has 0 spiro atoms. The van der Waals surface area contributed by atoms with Gasteiger partial charge in [-0.05, 0) is 48.7 Å². The summed E-state index contributed by atoms with van der Waals surface area (Å²) in [6, 6.07) is 10.7. The smallest absolute Gasteiger partial charge is 0.256 e. The molecule has 0 saturated carbocycles. The SMILES string of the molecule is Cc1c(N)ccc2c(=O)c(C(=O)NCCc3ccc(Cl)cc3)c[nH]c12. The molecule has 25 heavy (non-hydrogen) atoms. The Morgan fingerprint density at radius 3 is 2.64 bits per heavy atom. The van der Waals surface area contributed by atoms with Gasteiger partial charge in [-0.1, -0.05) is 23.7 Å². The molecule has 1 aromatic heterocycles. The van der Waals surface area contributed by atoms with Crippen LogP contribution in [0, 0.1) is 6.92 Å². The Kier molecular flexibility index (Phi) is 4.76. The molecule has 0 bridgehead atoms. The Morgan fingerprint density at radius 1 is 1.20 bits per heavy atom. The maximum atomic E-state index is 12.6. The maximum Gasteiger partial charge on any atom is 0.256 e. The topological polar surface area (TPSA) is 88.0 Å². The summed E-state index contributed by atoms with van der Waals surface area (Å²) < 4.78 is 0. The molecule has 5 nitrogen and oxygen atoms in total. The number of aromatic nitrogens is 1. The molecule has 128 valence electrons. The molecule has 0 fully saturated rings. The summed E-state index contributed by atoms with van der Waals surface area (Å²) in [5.41, 5.74) is 8.75. The van der Waals surface area contributed by atoms with Gasteiger partial charge in [-0.25, -0.2) is 0 Å². The number of anilines is 1. The van der Waals surface area contributed by atoms with Gasteiger partial charge in [-0.15, -0.1) is 0 Å². The number of hydrogen-bond acceptors (Lipinski definition) is 3. The number of halogens is 1. The van der Waals surface area contributed by atoms with Gasteiger partial charge in [0, 0.05) is 28.8 Å². The van der Waals surface area contributed by atoms with E-state index in [9.17, 15) is 9.59 Å². The van der Waals surface area contributed by atoms with E-state index >= 15 is 0 Å². The highest BCUT2D eigenvalue weighted by atomic mass is 35.5. The van der Waals surface area contributed by atoms with E-state index in [1.165, 1.54) is 6.20 Å². The van der Waals surface area contributed by atoms with Gasteiger partial charge in [0.1, 0.15) is 5.56 Å². The van der Waals surface area contributed by atoms with Gasteiger partial charge in [-0.3, -0.25) is 9.59 Å². The average Bonchev–Trinajstić information content (AvgIpc) is 2.60. The Morgan fingerprint density at radius 2 is 1.92 bits per heavy atom. The number of carbonyl (C=O) groups excluding carboxylic acids is 1. The highest BCUT2D eigenvalue weighted by Gasteiger charge is 2.14. The lowest BCUT2D eigenvalue weighted by Gasteiger charge is -2.08. The molecular formula is C19H18ClN3O2. The van der Waals surface area contributed by atoms with Crippen LogP contribution in [0.4, 0.5) is 5.69 Å². The molecule has 0 aliphatic carbocycles. The fraction of sp³-hybridized carbons (Fsp3) is 0.158. The molecule has 6 heteroatoms. The molecule has 3 aromatic rings. The molecule has 1 heterocycles. The van der Waals surface area contributed by atoms with Gasteiger partial charge in [-0.2, -0.15) is 0 Å². The van der Waals surface area contributed by atoms with Crippen molar-refractivity contribution in [3.8, 4) is 0 Å². The van der Waals surface area contributed by atoms with Gasteiger partial charge in [0.05, 0.1) is 5.52 Å². The van der Waals surface area contributed by atoms with Gasteiger partial charge in [0.25, 0.3) is 5.91 Å². The number of amides is 1. The van der Waals surface area contributed by atoms with Crippen molar-refractivity contribution < 1.29 is 4.79 Å². The summed E-state index contributed by atoms with van der Waals surface area (Å²) in [4.78, 5) is 27.9. The van der Waals surface area contributed by atoms with E-state index in [4.69, 9.17) is 17.3 Å². The van der Waals surface area contributed by atoms with Crippen LogP contribution in [-0.2, 0) is 6.42 Å². The first-order valence-electron chi connectivity index (χ1n) is 7.90. The highest BCUT2D eigenvalue weighted by molar-refractivity contribution is 6.30. The highest BCUT2D eigenvalue weighted by Crippen LogP contribution is 2.19. The number of carbonyl (C=O) groups is 1. The Bertz CT molecular complexity index is 994. The molecule has 3 rings (SSSR count). The maximum absolute atomic E-state index is 12.6. The number of H-pyrrole nitrogens is 1. The van der Waals surface area contributed by atoms with Crippen LogP contribution in [0.2, 0.25) is 5.02 Å². The third kappa shape index (κ3) is 3.51. The van der Waals surface area contributed by atoms with Crippen LogP contribution in [-0.4, -0.2) is 17.4 Å². The molecule has 0 radical (unpaired) electrons. The average molecular weight is 356 g/mol. The predicted octanol–water partition coefficient (Wildman–Crippen LogP) is 3.04. The van der Waals surface area contributed by atoms with Crippen molar-refractivity contribution in [1.82, 2.24) is 10.3 Å². The fourth-order valence-corrected chi connectivity index (χ4v) is 2.82. The second-order valence-electron chi connectivity index (χ2n) is 5.87. The zero-order valence-electron chi connectivity index (χ0n) is 13.7. The first-order chi connectivity index (χ1) is 12.0. The van der Waals surface area contributed by atoms with Gasteiger partial charge in [0.2, 0.25) is 5.43 Å². The molecule has 1 amide bonds. The van der Waals surface area contributed by atoms with Crippen molar-refractivity contribution in [2.24, 2.45) is 0 Å². The van der Waals surface area contributed by atoms with Crippen LogP contribution in [0.25, 0.3) is 10.9 Å². The minimum Gasteiger partial charge on any atom is -0.398 e. The number of rotatable bonds is 4. The molecular weight excluding hydrogens is 338 g/mol. The third-order valence-electron chi connectivity index (χ3n) is 4.21. The first kappa shape index (κ1) is 17.0. The van der Waals surface area contributed by atoms with Crippen LogP contribution in [0.1, 0.15) is 21.5 Å². The summed E-state index contributed by atoms with van der Waals surface area (Å²) >= 11 is 5.85. The molecule has 0 saturated heterocycles. The molecule has 0 aliphatic rings. The van der Waals surface area contributed by atoms with Gasteiger partial charge < -0.3 is 16.0 Å². The number of pyridine rings is 1. The van der Waals surface area contributed by atoms with E-state index in [-0.39, 0.29) is 11.0 Å². The van der Waals surface area contributed by atoms with E-state index in [1.54, 1.807) is 24.3 Å². The molecule has 0 unspecified atom stereocenters. The number of aryl methyl sites for hydroxylation is 1. The van der Waals surface area contributed by atoms with Crippen molar-refractivity contribution in [3.05, 3.63) is 74.5 Å². The lowest BCUT2D eigenvalue weighted by Crippen LogP contribution is -2.30. The molecule has 2 aromatic carbocycles. The Labute approximate surface area is 149 Å². The monoisotopic (exact) mass is 355 g/mol. The zero-order chi connectivity index (χ0) is 18.0. The van der Waals surface area contributed by atoms with E-state index < -0.39 is 5.91 Å². The number of nitrogens with two attached hydrogens (primary N) is 1. The second-order valence-corrected chi connectivity index (χ2v) is 6.30. The van der Waals surface area contributed by atoms with E-state index in [1.807, 2.05) is 19.1 Å². The van der Waals surface area contributed by atoms with Crippen molar-refractivity contribution in [2.45, 2.75) is 13.3 Å². The van der Waals surface area contributed by atoms with Crippen molar-refractivity contribution >= 4 is 34.1 Å². The zero-order valence-corrected chi connectivity index (χ0v) is 14.5. The van der Waals surface area contributed by atoms with Crippen LogP contribution < -0.4 is 16.5 Å². The van der Waals surface area contributed by atoms with E-state index in [0.29, 0.717) is 34.6 Å².